The highest BCUT2D eigenvalue weighted by atomic mass is 19.1. The molecule has 0 radical (unpaired) electrons. The molecular formula is C12H17FO7. The van der Waals surface area contributed by atoms with Gasteiger partial charge < -0.3 is 18.9 Å². The molecule has 1 heterocycles. The van der Waals surface area contributed by atoms with Crippen molar-refractivity contribution in [2.45, 2.75) is 58.5 Å². The van der Waals surface area contributed by atoms with Crippen LogP contribution in [0.25, 0.3) is 0 Å². The number of alkyl halides is 1. The lowest BCUT2D eigenvalue weighted by molar-refractivity contribution is -0.268. The van der Waals surface area contributed by atoms with Gasteiger partial charge in [0.05, 0.1) is 6.10 Å². The molecule has 1 unspecified atom stereocenters. The molecule has 7 nitrogen and oxygen atoms in total. The Kier molecular flexibility index (Phi) is 5.43. The van der Waals surface area contributed by atoms with Crippen LogP contribution in [-0.4, -0.2) is 48.7 Å². The first-order chi connectivity index (χ1) is 9.22. The van der Waals surface area contributed by atoms with Crippen LogP contribution in [-0.2, 0) is 33.3 Å². The quantitative estimate of drug-likeness (QED) is 0.552. The molecule has 0 aromatic carbocycles. The van der Waals surface area contributed by atoms with E-state index in [0.717, 1.165) is 20.8 Å². The second-order valence-electron chi connectivity index (χ2n) is 4.41. The van der Waals surface area contributed by atoms with Gasteiger partial charge in [-0.15, -0.1) is 0 Å². The van der Waals surface area contributed by atoms with Crippen LogP contribution < -0.4 is 0 Å². The van der Waals surface area contributed by atoms with Crippen molar-refractivity contribution in [2.24, 2.45) is 0 Å². The summed E-state index contributed by atoms with van der Waals surface area (Å²) in [4.78, 5) is 33.2. The summed E-state index contributed by atoms with van der Waals surface area (Å²) in [6, 6.07) is 0. The van der Waals surface area contributed by atoms with Crippen molar-refractivity contribution in [2.75, 3.05) is 0 Å². The number of hydrogen-bond donors (Lipinski definition) is 0. The monoisotopic (exact) mass is 292 g/mol. The molecule has 0 saturated carbocycles. The Balaban J connectivity index is 3.01. The summed E-state index contributed by atoms with van der Waals surface area (Å²) in [7, 11) is 0. The maximum atomic E-state index is 13.8. The molecule has 0 aromatic heterocycles. The van der Waals surface area contributed by atoms with Gasteiger partial charge in [-0.25, -0.2) is 4.39 Å². The van der Waals surface area contributed by atoms with Crippen molar-refractivity contribution in [3.8, 4) is 0 Å². The van der Waals surface area contributed by atoms with Crippen molar-refractivity contribution >= 4 is 17.9 Å². The van der Waals surface area contributed by atoms with E-state index in [1.165, 1.54) is 6.92 Å². The van der Waals surface area contributed by atoms with Crippen molar-refractivity contribution < 1.29 is 37.7 Å². The van der Waals surface area contributed by atoms with Crippen LogP contribution in [0.4, 0.5) is 4.39 Å². The Morgan fingerprint density at radius 3 is 1.70 bits per heavy atom. The molecule has 1 aliphatic heterocycles. The van der Waals surface area contributed by atoms with E-state index in [-0.39, 0.29) is 0 Å². The van der Waals surface area contributed by atoms with E-state index in [2.05, 4.69) is 0 Å². The van der Waals surface area contributed by atoms with Gasteiger partial charge in [-0.2, -0.15) is 0 Å². The van der Waals surface area contributed by atoms with E-state index in [1.54, 1.807) is 0 Å². The van der Waals surface area contributed by atoms with E-state index < -0.39 is 48.7 Å². The summed E-state index contributed by atoms with van der Waals surface area (Å²) in [5, 5.41) is 0. The van der Waals surface area contributed by atoms with Crippen molar-refractivity contribution in [1.29, 1.82) is 0 Å². The fraction of sp³-hybridized carbons (Fsp3) is 0.750. The topological polar surface area (TPSA) is 88.1 Å². The highest BCUT2D eigenvalue weighted by molar-refractivity contribution is 5.68. The zero-order valence-electron chi connectivity index (χ0n) is 11.6. The summed E-state index contributed by atoms with van der Waals surface area (Å²) >= 11 is 0. The van der Waals surface area contributed by atoms with Crippen LogP contribution in [0.1, 0.15) is 27.7 Å². The van der Waals surface area contributed by atoms with Gasteiger partial charge >= 0.3 is 17.9 Å². The molecule has 1 fully saturated rings. The SMILES string of the molecule is CC(=O)O[C@@H]1[C@H](OC(C)=O)[C@@H](OC(C)=O)C(F)O[C@@H]1C. The lowest BCUT2D eigenvalue weighted by Crippen LogP contribution is -2.59. The summed E-state index contributed by atoms with van der Waals surface area (Å²) in [5.74, 6) is -2.14. The first-order valence-corrected chi connectivity index (χ1v) is 6.03. The van der Waals surface area contributed by atoms with Crippen LogP contribution in [0.2, 0.25) is 0 Å². The number of halogens is 1. The number of carbonyl (C=O) groups is 3. The van der Waals surface area contributed by atoms with Gasteiger partial charge in [-0.05, 0) is 6.92 Å². The average Bonchev–Trinajstić information content (AvgIpc) is 2.27. The minimum atomic E-state index is -1.98. The predicted octanol–water partition coefficient (Wildman–Crippen LogP) is 0.496. The molecule has 1 rings (SSSR count). The highest BCUT2D eigenvalue weighted by Gasteiger charge is 2.50. The first kappa shape index (κ1) is 16.4. The second kappa shape index (κ2) is 6.65. The fourth-order valence-corrected chi connectivity index (χ4v) is 1.96. The molecule has 0 bridgehead atoms. The molecule has 5 atom stereocenters. The third-order valence-corrected chi connectivity index (χ3v) is 2.62. The maximum absolute atomic E-state index is 13.8. The fourth-order valence-electron chi connectivity index (χ4n) is 1.96. The number of carbonyl (C=O) groups excluding carboxylic acids is 3. The van der Waals surface area contributed by atoms with Gasteiger partial charge in [-0.1, -0.05) is 0 Å². The van der Waals surface area contributed by atoms with Gasteiger partial charge in [0.1, 0.15) is 0 Å². The minimum absolute atomic E-state index is 0.651. The van der Waals surface area contributed by atoms with E-state index in [1.807, 2.05) is 0 Å². The summed E-state index contributed by atoms with van der Waals surface area (Å²) < 4.78 is 33.4. The van der Waals surface area contributed by atoms with E-state index in [0.29, 0.717) is 0 Å². The number of rotatable bonds is 3. The molecule has 8 heteroatoms. The van der Waals surface area contributed by atoms with Crippen molar-refractivity contribution in [3.63, 3.8) is 0 Å². The molecule has 0 N–H and O–H groups in total. The average molecular weight is 292 g/mol. The summed E-state index contributed by atoms with van der Waals surface area (Å²) in [5.41, 5.74) is 0. The molecule has 20 heavy (non-hydrogen) atoms. The largest absolute Gasteiger partial charge is 0.456 e. The molecule has 0 aliphatic carbocycles. The van der Waals surface area contributed by atoms with Crippen LogP contribution in [0, 0.1) is 0 Å². The van der Waals surface area contributed by atoms with Crippen molar-refractivity contribution in [1.82, 2.24) is 0 Å². The Morgan fingerprint density at radius 2 is 1.25 bits per heavy atom. The van der Waals surface area contributed by atoms with E-state index in [4.69, 9.17) is 18.9 Å². The summed E-state index contributed by atoms with van der Waals surface area (Å²) in [6.45, 7) is 4.81. The third-order valence-electron chi connectivity index (χ3n) is 2.62. The number of esters is 3. The first-order valence-electron chi connectivity index (χ1n) is 6.03. The van der Waals surface area contributed by atoms with E-state index in [9.17, 15) is 18.8 Å². The zero-order valence-corrected chi connectivity index (χ0v) is 11.6. The number of hydrogen-bond acceptors (Lipinski definition) is 7. The van der Waals surface area contributed by atoms with Gasteiger partial charge in [0.25, 0.3) is 0 Å². The Bertz CT molecular complexity index is 369. The van der Waals surface area contributed by atoms with Gasteiger partial charge in [0.15, 0.2) is 18.3 Å². The standard InChI is InChI=1S/C12H17FO7/c1-5-9(18-6(2)14)10(19-7(3)15)11(12(13)17-5)20-8(4)16/h5,9-12H,1-4H3/t5-,9+,10+,11-,12?/m1/s1. The Morgan fingerprint density at radius 1 is 0.850 bits per heavy atom. The van der Waals surface area contributed by atoms with Gasteiger partial charge in [0, 0.05) is 20.8 Å². The van der Waals surface area contributed by atoms with Gasteiger partial charge in [-0.3, -0.25) is 14.4 Å². The third kappa shape index (κ3) is 4.16. The molecule has 1 aliphatic rings. The zero-order chi connectivity index (χ0) is 15.4. The molecule has 0 aromatic rings. The predicted molar refractivity (Wildman–Crippen MR) is 62.1 cm³/mol. The Hall–Kier alpha value is -1.70. The Labute approximate surface area is 115 Å². The normalized spacial score (nSPS) is 33.1. The number of ether oxygens (including phenoxy) is 4. The van der Waals surface area contributed by atoms with Crippen LogP contribution >= 0.6 is 0 Å². The molecule has 0 spiro atoms. The maximum Gasteiger partial charge on any atom is 0.303 e. The molecular weight excluding hydrogens is 275 g/mol. The minimum Gasteiger partial charge on any atom is -0.456 e. The van der Waals surface area contributed by atoms with Crippen LogP contribution in [0.5, 0.6) is 0 Å². The van der Waals surface area contributed by atoms with Crippen LogP contribution in [0.3, 0.4) is 0 Å². The molecule has 1 saturated heterocycles. The second-order valence-corrected chi connectivity index (χ2v) is 4.41. The van der Waals surface area contributed by atoms with E-state index >= 15 is 0 Å². The lowest BCUT2D eigenvalue weighted by atomic mass is 9.99. The van der Waals surface area contributed by atoms with Crippen molar-refractivity contribution in [3.05, 3.63) is 0 Å². The van der Waals surface area contributed by atoms with Gasteiger partial charge in [0.2, 0.25) is 6.36 Å². The highest BCUT2D eigenvalue weighted by Crippen LogP contribution is 2.29. The molecule has 0 amide bonds. The summed E-state index contributed by atoms with van der Waals surface area (Å²) in [6.07, 6.45) is -6.65. The van der Waals surface area contributed by atoms with Crippen LogP contribution in [0.15, 0.2) is 0 Å². The molecule has 114 valence electrons. The lowest BCUT2D eigenvalue weighted by Gasteiger charge is -2.40. The smallest absolute Gasteiger partial charge is 0.303 e.